The predicted molar refractivity (Wildman–Crippen MR) is 81.4 cm³/mol. The van der Waals surface area contributed by atoms with E-state index in [0.29, 0.717) is 5.92 Å². The number of nitrogens with one attached hydrogen (secondary N) is 1. The minimum Gasteiger partial charge on any atom is -0.322 e. The first kappa shape index (κ1) is 14.1. The lowest BCUT2D eigenvalue weighted by Gasteiger charge is -2.12. The molecule has 0 aliphatic rings. The second kappa shape index (κ2) is 6.19. The molecule has 2 rings (SSSR count). The lowest BCUT2D eigenvalue weighted by molar-refractivity contribution is -0.111. The van der Waals surface area contributed by atoms with E-state index in [-0.39, 0.29) is 5.91 Å². The molecule has 20 heavy (non-hydrogen) atoms. The van der Waals surface area contributed by atoms with Gasteiger partial charge in [0.05, 0.1) is 6.20 Å². The molecule has 0 spiro atoms. The molecular formula is C16H19N3O. The van der Waals surface area contributed by atoms with E-state index < -0.39 is 0 Å². The topological polar surface area (TPSA) is 46.9 Å². The highest BCUT2D eigenvalue weighted by molar-refractivity contribution is 6.02. The number of benzene rings is 1. The zero-order valence-electron chi connectivity index (χ0n) is 12.0. The van der Waals surface area contributed by atoms with Crippen LogP contribution in [-0.2, 0) is 11.8 Å². The third-order valence-electron chi connectivity index (χ3n) is 2.99. The predicted octanol–water partition coefficient (Wildman–Crippen LogP) is 3.20. The van der Waals surface area contributed by atoms with Crippen LogP contribution in [0.5, 0.6) is 0 Å². The van der Waals surface area contributed by atoms with Crippen LogP contribution in [0.25, 0.3) is 6.08 Å². The maximum Gasteiger partial charge on any atom is 0.248 e. The van der Waals surface area contributed by atoms with Gasteiger partial charge in [-0.2, -0.15) is 5.10 Å². The smallest absolute Gasteiger partial charge is 0.248 e. The highest BCUT2D eigenvalue weighted by Gasteiger charge is 2.07. The molecule has 0 aliphatic heterocycles. The summed E-state index contributed by atoms with van der Waals surface area (Å²) in [5.74, 6) is 0.232. The quantitative estimate of drug-likeness (QED) is 0.866. The van der Waals surface area contributed by atoms with Gasteiger partial charge < -0.3 is 5.32 Å². The van der Waals surface area contributed by atoms with Crippen LogP contribution in [-0.4, -0.2) is 15.7 Å². The van der Waals surface area contributed by atoms with Gasteiger partial charge in [-0.05, 0) is 23.6 Å². The molecule has 4 nitrogen and oxygen atoms in total. The Bertz CT molecular complexity index is 626. The monoisotopic (exact) mass is 269 g/mol. The summed E-state index contributed by atoms with van der Waals surface area (Å²) in [4.78, 5) is 11.9. The molecule has 104 valence electrons. The molecule has 0 saturated heterocycles. The Morgan fingerprint density at radius 2 is 2.10 bits per heavy atom. The molecular weight excluding hydrogens is 250 g/mol. The first-order valence-corrected chi connectivity index (χ1v) is 6.63. The Balaban J connectivity index is 2.07. The molecule has 1 amide bonds. The Hall–Kier alpha value is -2.36. The number of amides is 1. The van der Waals surface area contributed by atoms with Crippen LogP contribution in [0.3, 0.4) is 0 Å². The van der Waals surface area contributed by atoms with Crippen molar-refractivity contribution in [3.63, 3.8) is 0 Å². The Labute approximate surface area is 119 Å². The summed E-state index contributed by atoms with van der Waals surface area (Å²) in [6, 6.07) is 7.86. The van der Waals surface area contributed by atoms with Gasteiger partial charge in [0.25, 0.3) is 0 Å². The number of rotatable bonds is 4. The molecule has 1 heterocycles. The average molecular weight is 269 g/mol. The van der Waals surface area contributed by atoms with Gasteiger partial charge in [0.15, 0.2) is 0 Å². The van der Waals surface area contributed by atoms with Gasteiger partial charge in [-0.1, -0.05) is 32.0 Å². The molecule has 0 saturated carbocycles. The van der Waals surface area contributed by atoms with Crippen molar-refractivity contribution in [1.82, 2.24) is 9.78 Å². The third-order valence-corrected chi connectivity index (χ3v) is 2.99. The molecule has 0 aliphatic carbocycles. The Morgan fingerprint density at radius 3 is 2.75 bits per heavy atom. The van der Waals surface area contributed by atoms with E-state index in [2.05, 4.69) is 24.3 Å². The van der Waals surface area contributed by atoms with E-state index in [9.17, 15) is 4.79 Å². The second-order valence-corrected chi connectivity index (χ2v) is 5.01. The van der Waals surface area contributed by atoms with Gasteiger partial charge >= 0.3 is 0 Å². The molecule has 0 fully saturated rings. The number of hydrogen-bond acceptors (Lipinski definition) is 2. The number of hydrogen-bond donors (Lipinski definition) is 1. The summed E-state index contributed by atoms with van der Waals surface area (Å²) in [6.07, 6.45) is 6.84. The zero-order chi connectivity index (χ0) is 14.5. The van der Waals surface area contributed by atoms with E-state index >= 15 is 0 Å². The number of aromatic nitrogens is 2. The number of carbonyl (C=O) groups excluding carboxylic acids is 1. The van der Waals surface area contributed by atoms with Crippen molar-refractivity contribution >= 4 is 17.7 Å². The van der Waals surface area contributed by atoms with Gasteiger partial charge in [0, 0.05) is 30.6 Å². The van der Waals surface area contributed by atoms with Crippen molar-refractivity contribution in [2.24, 2.45) is 7.05 Å². The number of aryl methyl sites for hydroxylation is 1. The van der Waals surface area contributed by atoms with E-state index in [4.69, 9.17) is 0 Å². The summed E-state index contributed by atoms with van der Waals surface area (Å²) in [5, 5.41) is 6.97. The molecule has 0 radical (unpaired) electrons. The van der Waals surface area contributed by atoms with Crippen molar-refractivity contribution in [2.45, 2.75) is 19.8 Å². The molecule has 1 N–H and O–H groups in total. The van der Waals surface area contributed by atoms with Gasteiger partial charge in [-0.3, -0.25) is 9.48 Å². The standard InChI is InChI=1S/C16H19N3O/c1-12(2)14-6-4-5-7-15(14)18-16(20)9-8-13-10-17-19(3)11-13/h4-12H,1-3H3,(H,18,20). The van der Waals surface area contributed by atoms with Crippen LogP contribution in [0.15, 0.2) is 42.7 Å². The minimum absolute atomic E-state index is 0.137. The first-order valence-electron chi connectivity index (χ1n) is 6.63. The number of carbonyl (C=O) groups is 1. The Morgan fingerprint density at radius 1 is 1.35 bits per heavy atom. The van der Waals surface area contributed by atoms with Gasteiger partial charge in [0.2, 0.25) is 5.91 Å². The van der Waals surface area contributed by atoms with Crippen molar-refractivity contribution in [2.75, 3.05) is 5.32 Å². The second-order valence-electron chi connectivity index (χ2n) is 5.01. The van der Waals surface area contributed by atoms with Crippen molar-refractivity contribution in [1.29, 1.82) is 0 Å². The van der Waals surface area contributed by atoms with E-state index in [1.54, 1.807) is 17.0 Å². The fourth-order valence-corrected chi connectivity index (χ4v) is 1.99. The van der Waals surface area contributed by atoms with Crippen molar-refractivity contribution in [3.8, 4) is 0 Å². The van der Waals surface area contributed by atoms with Crippen molar-refractivity contribution in [3.05, 3.63) is 53.9 Å². The maximum absolute atomic E-state index is 11.9. The van der Waals surface area contributed by atoms with Gasteiger partial charge in [-0.25, -0.2) is 0 Å². The first-order chi connectivity index (χ1) is 9.56. The molecule has 0 bridgehead atoms. The summed E-state index contributed by atoms with van der Waals surface area (Å²) in [7, 11) is 1.84. The summed E-state index contributed by atoms with van der Waals surface area (Å²) < 4.78 is 1.70. The van der Waals surface area contributed by atoms with Crippen LogP contribution >= 0.6 is 0 Å². The molecule has 1 aromatic heterocycles. The fourth-order valence-electron chi connectivity index (χ4n) is 1.99. The molecule has 0 unspecified atom stereocenters. The Kier molecular flexibility index (Phi) is 4.35. The van der Waals surface area contributed by atoms with Crippen LogP contribution in [0.1, 0.15) is 30.9 Å². The summed E-state index contributed by atoms with van der Waals surface area (Å²) >= 11 is 0. The van der Waals surface area contributed by atoms with Crippen molar-refractivity contribution < 1.29 is 4.79 Å². The highest BCUT2D eigenvalue weighted by atomic mass is 16.1. The SMILES string of the molecule is CC(C)c1ccccc1NC(=O)C=Cc1cnn(C)c1. The highest BCUT2D eigenvalue weighted by Crippen LogP contribution is 2.23. The maximum atomic E-state index is 11.9. The minimum atomic E-state index is -0.137. The van der Waals surface area contributed by atoms with E-state index in [1.807, 2.05) is 37.5 Å². The molecule has 4 heteroatoms. The van der Waals surface area contributed by atoms with Crippen LogP contribution in [0.4, 0.5) is 5.69 Å². The van der Waals surface area contributed by atoms with Crippen LogP contribution in [0, 0.1) is 0 Å². The van der Waals surface area contributed by atoms with Crippen LogP contribution in [0.2, 0.25) is 0 Å². The van der Waals surface area contributed by atoms with Gasteiger partial charge in [0.1, 0.15) is 0 Å². The number of nitrogens with zero attached hydrogens (tertiary/aromatic N) is 2. The van der Waals surface area contributed by atoms with E-state index in [0.717, 1.165) is 16.8 Å². The summed E-state index contributed by atoms with van der Waals surface area (Å²) in [6.45, 7) is 4.22. The number of anilines is 1. The lowest BCUT2D eigenvalue weighted by atomic mass is 10.0. The fraction of sp³-hybridized carbons (Fsp3) is 0.250. The molecule has 1 aromatic carbocycles. The molecule has 2 aromatic rings. The molecule has 0 atom stereocenters. The zero-order valence-corrected chi connectivity index (χ0v) is 12.0. The van der Waals surface area contributed by atoms with E-state index in [1.165, 1.54) is 6.08 Å². The lowest BCUT2D eigenvalue weighted by Crippen LogP contribution is -2.10. The van der Waals surface area contributed by atoms with Crippen LogP contribution < -0.4 is 5.32 Å². The average Bonchev–Trinajstić information content (AvgIpc) is 2.83. The normalized spacial score (nSPS) is 11.2. The summed E-state index contributed by atoms with van der Waals surface area (Å²) in [5.41, 5.74) is 2.90. The number of para-hydroxylation sites is 1. The third kappa shape index (κ3) is 3.57. The largest absolute Gasteiger partial charge is 0.322 e. The van der Waals surface area contributed by atoms with Gasteiger partial charge in [-0.15, -0.1) is 0 Å².